The van der Waals surface area contributed by atoms with Crippen LogP contribution in [0.15, 0.2) is 17.2 Å². The molecule has 1 N–H and O–H groups in total. The van der Waals surface area contributed by atoms with Crippen LogP contribution in [0.4, 0.5) is 0 Å². The summed E-state index contributed by atoms with van der Waals surface area (Å²) in [6, 6.07) is 0. The molecule has 0 aliphatic carbocycles. The Balaban J connectivity index is 2.09. The monoisotopic (exact) mass is 207 g/mol. The molecule has 2 rings (SSSR count). The molecule has 1 aliphatic heterocycles. The average molecular weight is 207 g/mol. The van der Waals surface area contributed by atoms with Gasteiger partial charge < -0.3 is 5.32 Å². The molecule has 1 atom stereocenters. The molecule has 2 heterocycles. The Kier molecular flexibility index (Phi) is 3.16. The second-order valence-corrected chi connectivity index (χ2v) is 4.28. The van der Waals surface area contributed by atoms with Crippen molar-refractivity contribution in [1.82, 2.24) is 14.9 Å². The predicted octanol–water partition coefficient (Wildman–Crippen LogP) is 0.551. The van der Waals surface area contributed by atoms with Gasteiger partial charge in [-0.1, -0.05) is 0 Å². The maximum Gasteiger partial charge on any atom is 0.347 e. The molecule has 0 saturated carbocycles. The van der Waals surface area contributed by atoms with Crippen LogP contribution in [0.3, 0.4) is 0 Å². The van der Waals surface area contributed by atoms with Crippen molar-refractivity contribution in [2.75, 3.05) is 13.1 Å². The zero-order valence-electron chi connectivity index (χ0n) is 9.07. The number of nitrogens with one attached hydrogen (secondary N) is 1. The molecule has 0 amide bonds. The van der Waals surface area contributed by atoms with Gasteiger partial charge in [-0.2, -0.15) is 0 Å². The fourth-order valence-corrected chi connectivity index (χ4v) is 2.05. The predicted molar refractivity (Wildman–Crippen MR) is 58.8 cm³/mol. The summed E-state index contributed by atoms with van der Waals surface area (Å²) < 4.78 is 1.73. The van der Waals surface area contributed by atoms with E-state index < -0.39 is 0 Å². The third-order valence-corrected chi connectivity index (χ3v) is 2.84. The van der Waals surface area contributed by atoms with E-state index in [0.29, 0.717) is 5.92 Å². The summed E-state index contributed by atoms with van der Waals surface area (Å²) >= 11 is 0. The topological polar surface area (TPSA) is 46.9 Å². The number of piperidine rings is 1. The fourth-order valence-electron chi connectivity index (χ4n) is 2.05. The van der Waals surface area contributed by atoms with Crippen molar-refractivity contribution in [3.63, 3.8) is 0 Å². The third-order valence-electron chi connectivity index (χ3n) is 2.84. The van der Waals surface area contributed by atoms with E-state index in [1.165, 1.54) is 12.8 Å². The van der Waals surface area contributed by atoms with Crippen molar-refractivity contribution < 1.29 is 0 Å². The average Bonchev–Trinajstić information content (AvgIpc) is 2.25. The van der Waals surface area contributed by atoms with Gasteiger partial charge in [0, 0.05) is 18.9 Å². The van der Waals surface area contributed by atoms with E-state index in [1.54, 1.807) is 10.8 Å². The minimum atomic E-state index is -0.133. The molecule has 1 unspecified atom stereocenters. The van der Waals surface area contributed by atoms with Crippen molar-refractivity contribution in [3.8, 4) is 0 Å². The molecule has 1 saturated heterocycles. The van der Waals surface area contributed by atoms with E-state index in [9.17, 15) is 4.79 Å². The standard InChI is InChI=1S/C11H17N3O/c1-9-5-13-11(15)14(7-9)8-10-3-2-4-12-6-10/h5,7,10,12H,2-4,6,8H2,1H3. The number of aromatic nitrogens is 2. The second-order valence-electron chi connectivity index (χ2n) is 4.28. The van der Waals surface area contributed by atoms with Crippen LogP contribution in [0.2, 0.25) is 0 Å². The largest absolute Gasteiger partial charge is 0.347 e. The van der Waals surface area contributed by atoms with Gasteiger partial charge in [-0.15, -0.1) is 0 Å². The Hall–Kier alpha value is -1.16. The summed E-state index contributed by atoms with van der Waals surface area (Å²) in [5.74, 6) is 0.569. The molecule has 1 aliphatic rings. The van der Waals surface area contributed by atoms with Gasteiger partial charge in [-0.3, -0.25) is 4.57 Å². The van der Waals surface area contributed by atoms with Gasteiger partial charge in [0.1, 0.15) is 0 Å². The van der Waals surface area contributed by atoms with Crippen LogP contribution in [0.1, 0.15) is 18.4 Å². The Labute approximate surface area is 89.3 Å². The quantitative estimate of drug-likeness (QED) is 0.770. The van der Waals surface area contributed by atoms with Gasteiger partial charge in [0.15, 0.2) is 0 Å². The number of rotatable bonds is 2. The van der Waals surface area contributed by atoms with Crippen molar-refractivity contribution in [2.45, 2.75) is 26.3 Å². The summed E-state index contributed by atoms with van der Waals surface area (Å²) in [4.78, 5) is 15.3. The molecule has 1 aromatic rings. The molecule has 15 heavy (non-hydrogen) atoms. The molecule has 4 nitrogen and oxygen atoms in total. The van der Waals surface area contributed by atoms with Gasteiger partial charge in [-0.05, 0) is 44.3 Å². The molecule has 0 bridgehead atoms. The zero-order valence-corrected chi connectivity index (χ0v) is 9.07. The van der Waals surface area contributed by atoms with Crippen LogP contribution in [0.25, 0.3) is 0 Å². The van der Waals surface area contributed by atoms with Crippen molar-refractivity contribution in [1.29, 1.82) is 0 Å². The van der Waals surface area contributed by atoms with Gasteiger partial charge in [0.2, 0.25) is 0 Å². The lowest BCUT2D eigenvalue weighted by molar-refractivity contribution is 0.331. The molecule has 0 spiro atoms. The van der Waals surface area contributed by atoms with Gasteiger partial charge >= 0.3 is 5.69 Å². The molecule has 0 aromatic carbocycles. The molecular weight excluding hydrogens is 190 g/mol. The van der Waals surface area contributed by atoms with E-state index in [1.807, 2.05) is 13.1 Å². The maximum absolute atomic E-state index is 11.5. The van der Waals surface area contributed by atoms with E-state index in [0.717, 1.165) is 25.2 Å². The summed E-state index contributed by atoms with van der Waals surface area (Å²) in [6.45, 7) is 4.88. The van der Waals surface area contributed by atoms with Gasteiger partial charge in [0.05, 0.1) is 0 Å². The molecule has 82 valence electrons. The maximum atomic E-state index is 11.5. The summed E-state index contributed by atoms with van der Waals surface area (Å²) in [5.41, 5.74) is 0.907. The van der Waals surface area contributed by atoms with Gasteiger partial charge in [0.25, 0.3) is 0 Å². The Morgan fingerprint density at radius 2 is 2.53 bits per heavy atom. The molecular formula is C11H17N3O. The molecule has 4 heteroatoms. The molecule has 1 aromatic heterocycles. The van der Waals surface area contributed by atoms with E-state index in [2.05, 4.69) is 10.3 Å². The SMILES string of the molecule is Cc1cnc(=O)n(CC2CCCNC2)c1. The molecule has 0 radical (unpaired) electrons. The zero-order chi connectivity index (χ0) is 10.7. The second kappa shape index (κ2) is 4.57. The lowest BCUT2D eigenvalue weighted by Gasteiger charge is -2.23. The summed E-state index contributed by atoms with van der Waals surface area (Å²) in [7, 11) is 0. The minimum absolute atomic E-state index is 0.133. The van der Waals surface area contributed by atoms with Crippen molar-refractivity contribution in [3.05, 3.63) is 28.4 Å². The summed E-state index contributed by atoms with van der Waals surface area (Å²) in [6.07, 6.45) is 5.92. The smallest absolute Gasteiger partial charge is 0.316 e. The lowest BCUT2D eigenvalue weighted by Crippen LogP contribution is -2.35. The highest BCUT2D eigenvalue weighted by atomic mass is 16.1. The highest BCUT2D eigenvalue weighted by Gasteiger charge is 2.13. The number of hydrogen-bond acceptors (Lipinski definition) is 3. The van der Waals surface area contributed by atoms with Crippen LogP contribution in [-0.4, -0.2) is 22.6 Å². The lowest BCUT2D eigenvalue weighted by atomic mass is 10.00. The molecule has 1 fully saturated rings. The Morgan fingerprint density at radius 3 is 3.27 bits per heavy atom. The Morgan fingerprint density at radius 1 is 1.67 bits per heavy atom. The highest BCUT2D eigenvalue weighted by molar-refractivity contribution is 4.99. The minimum Gasteiger partial charge on any atom is -0.316 e. The van der Waals surface area contributed by atoms with Crippen molar-refractivity contribution >= 4 is 0 Å². The normalized spacial score (nSPS) is 21.5. The summed E-state index contributed by atoms with van der Waals surface area (Å²) in [5, 5.41) is 3.35. The van der Waals surface area contributed by atoms with Crippen LogP contribution < -0.4 is 11.0 Å². The van der Waals surface area contributed by atoms with Crippen LogP contribution in [0.5, 0.6) is 0 Å². The first-order valence-corrected chi connectivity index (χ1v) is 5.49. The van der Waals surface area contributed by atoms with Crippen LogP contribution in [-0.2, 0) is 6.54 Å². The van der Waals surface area contributed by atoms with E-state index in [4.69, 9.17) is 0 Å². The van der Waals surface area contributed by atoms with E-state index in [-0.39, 0.29) is 5.69 Å². The van der Waals surface area contributed by atoms with Crippen LogP contribution in [0, 0.1) is 12.8 Å². The van der Waals surface area contributed by atoms with E-state index >= 15 is 0 Å². The van der Waals surface area contributed by atoms with Crippen molar-refractivity contribution in [2.24, 2.45) is 5.92 Å². The van der Waals surface area contributed by atoms with Crippen LogP contribution >= 0.6 is 0 Å². The number of hydrogen-bond donors (Lipinski definition) is 1. The Bertz CT molecular complexity index is 380. The van der Waals surface area contributed by atoms with Gasteiger partial charge in [-0.25, -0.2) is 9.78 Å². The first kappa shape index (κ1) is 10.4. The number of aryl methyl sites for hydroxylation is 1. The third kappa shape index (κ3) is 2.65. The fraction of sp³-hybridized carbons (Fsp3) is 0.636. The first-order valence-electron chi connectivity index (χ1n) is 5.49. The highest BCUT2D eigenvalue weighted by Crippen LogP contribution is 2.11. The first-order chi connectivity index (χ1) is 7.25. The number of nitrogens with zero attached hydrogens (tertiary/aromatic N) is 2.